The van der Waals surface area contributed by atoms with Crippen LogP contribution < -0.4 is 5.32 Å². The molecular formula is C17H23FN2O. The summed E-state index contributed by atoms with van der Waals surface area (Å²) in [7, 11) is 0. The third-order valence-corrected chi connectivity index (χ3v) is 3.75. The van der Waals surface area contributed by atoms with Crippen molar-refractivity contribution in [3.05, 3.63) is 41.8 Å². The van der Waals surface area contributed by atoms with Gasteiger partial charge in [0.2, 0.25) is 0 Å². The normalized spacial score (nSPS) is 12.0. The highest BCUT2D eigenvalue weighted by atomic mass is 19.1. The largest absolute Gasteiger partial charge is 0.396 e. The van der Waals surface area contributed by atoms with Gasteiger partial charge < -0.3 is 10.4 Å². The fourth-order valence-electron chi connectivity index (χ4n) is 2.33. The molecule has 1 aromatic heterocycles. The van der Waals surface area contributed by atoms with E-state index in [0.29, 0.717) is 11.9 Å². The fraction of sp³-hybridized carbons (Fsp3) is 0.471. The summed E-state index contributed by atoms with van der Waals surface area (Å²) < 4.78 is 13.7. The summed E-state index contributed by atoms with van der Waals surface area (Å²) in [5.74, 6) is -0.230. The van der Waals surface area contributed by atoms with Gasteiger partial charge in [-0.1, -0.05) is 19.9 Å². The Balaban J connectivity index is 1.91. The summed E-state index contributed by atoms with van der Waals surface area (Å²) in [5, 5.41) is 13.1. The van der Waals surface area contributed by atoms with Crippen LogP contribution >= 0.6 is 0 Å². The molecule has 0 saturated carbocycles. The number of rotatable bonds is 7. The van der Waals surface area contributed by atoms with Crippen LogP contribution in [0.4, 0.5) is 4.39 Å². The standard InChI is InChI=1S/C17H23FN2O/c1-17(2,12-21)8-4-9-19-11-13-6-7-15(18)14-5-3-10-20-16(13)14/h3,5-7,10,19,21H,4,8-9,11-12H2,1-2H3. The highest BCUT2D eigenvalue weighted by Crippen LogP contribution is 2.21. The second-order valence-electron chi connectivity index (χ2n) is 6.21. The maximum atomic E-state index is 13.7. The molecule has 2 aromatic rings. The maximum absolute atomic E-state index is 13.7. The monoisotopic (exact) mass is 290 g/mol. The molecule has 2 rings (SSSR count). The first-order chi connectivity index (χ1) is 10.0. The molecule has 0 unspecified atom stereocenters. The van der Waals surface area contributed by atoms with E-state index in [1.165, 1.54) is 6.07 Å². The Bertz CT molecular complexity index is 598. The van der Waals surface area contributed by atoms with E-state index in [1.807, 2.05) is 0 Å². The van der Waals surface area contributed by atoms with Gasteiger partial charge in [-0.25, -0.2) is 4.39 Å². The number of benzene rings is 1. The Labute approximate surface area is 125 Å². The van der Waals surface area contributed by atoms with Crippen molar-refractivity contribution in [1.29, 1.82) is 0 Å². The number of hydrogen-bond donors (Lipinski definition) is 2. The molecule has 114 valence electrons. The second-order valence-corrected chi connectivity index (χ2v) is 6.21. The van der Waals surface area contributed by atoms with Gasteiger partial charge in [-0.05, 0) is 48.6 Å². The molecule has 3 nitrogen and oxygen atoms in total. The quantitative estimate of drug-likeness (QED) is 0.769. The van der Waals surface area contributed by atoms with E-state index in [4.69, 9.17) is 0 Å². The van der Waals surface area contributed by atoms with E-state index < -0.39 is 0 Å². The molecule has 4 heteroatoms. The maximum Gasteiger partial charge on any atom is 0.132 e. The highest BCUT2D eigenvalue weighted by Gasteiger charge is 2.15. The van der Waals surface area contributed by atoms with Crippen LogP contribution in [0.1, 0.15) is 32.3 Å². The predicted molar refractivity (Wildman–Crippen MR) is 83.5 cm³/mol. The molecule has 0 spiro atoms. The van der Waals surface area contributed by atoms with E-state index in [1.54, 1.807) is 24.4 Å². The number of aromatic nitrogens is 1. The van der Waals surface area contributed by atoms with Crippen LogP contribution in [-0.2, 0) is 6.54 Å². The minimum atomic E-state index is -0.230. The SMILES string of the molecule is CC(C)(CO)CCCNCc1ccc(F)c2cccnc12. The number of nitrogens with one attached hydrogen (secondary N) is 1. The summed E-state index contributed by atoms with van der Waals surface area (Å²) >= 11 is 0. The smallest absolute Gasteiger partial charge is 0.132 e. The van der Waals surface area contributed by atoms with Crippen LogP contribution in [-0.4, -0.2) is 23.2 Å². The Morgan fingerprint density at radius 3 is 2.86 bits per heavy atom. The van der Waals surface area contributed by atoms with E-state index in [0.717, 1.165) is 30.5 Å². The number of pyridine rings is 1. The number of aliphatic hydroxyl groups excluding tert-OH is 1. The van der Waals surface area contributed by atoms with Gasteiger partial charge in [0.25, 0.3) is 0 Å². The topological polar surface area (TPSA) is 45.1 Å². The van der Waals surface area contributed by atoms with Crippen molar-refractivity contribution in [1.82, 2.24) is 10.3 Å². The molecule has 21 heavy (non-hydrogen) atoms. The van der Waals surface area contributed by atoms with E-state index >= 15 is 0 Å². The number of nitrogens with zero attached hydrogens (tertiary/aromatic N) is 1. The molecule has 0 bridgehead atoms. The average molecular weight is 290 g/mol. The molecule has 0 aliphatic rings. The first-order valence-electron chi connectivity index (χ1n) is 7.37. The lowest BCUT2D eigenvalue weighted by atomic mass is 9.89. The summed E-state index contributed by atoms with van der Waals surface area (Å²) in [6.45, 7) is 5.87. The van der Waals surface area contributed by atoms with Crippen LogP contribution in [0.2, 0.25) is 0 Å². The van der Waals surface area contributed by atoms with Crippen LogP contribution in [0.5, 0.6) is 0 Å². The van der Waals surface area contributed by atoms with E-state index in [-0.39, 0.29) is 17.8 Å². The predicted octanol–water partition coefficient (Wildman–Crippen LogP) is 3.26. The van der Waals surface area contributed by atoms with Crippen molar-refractivity contribution in [2.24, 2.45) is 5.41 Å². The third-order valence-electron chi connectivity index (χ3n) is 3.75. The summed E-state index contributed by atoms with van der Waals surface area (Å²) in [6.07, 6.45) is 3.66. The number of hydrogen-bond acceptors (Lipinski definition) is 3. The Morgan fingerprint density at radius 1 is 1.29 bits per heavy atom. The summed E-state index contributed by atoms with van der Waals surface area (Å²) in [5.41, 5.74) is 1.71. The van der Waals surface area contributed by atoms with Crippen molar-refractivity contribution in [3.8, 4) is 0 Å². The van der Waals surface area contributed by atoms with Crippen molar-refractivity contribution >= 4 is 10.9 Å². The number of halogens is 1. The highest BCUT2D eigenvalue weighted by molar-refractivity contribution is 5.82. The van der Waals surface area contributed by atoms with Crippen LogP contribution in [0, 0.1) is 11.2 Å². The lowest BCUT2D eigenvalue weighted by Crippen LogP contribution is -2.21. The Morgan fingerprint density at radius 2 is 2.10 bits per heavy atom. The van der Waals surface area contributed by atoms with Crippen LogP contribution in [0.25, 0.3) is 10.9 Å². The molecule has 0 aliphatic heterocycles. The average Bonchev–Trinajstić information content (AvgIpc) is 2.49. The van der Waals surface area contributed by atoms with Crippen molar-refractivity contribution in [2.75, 3.05) is 13.2 Å². The van der Waals surface area contributed by atoms with Gasteiger partial charge in [-0.2, -0.15) is 0 Å². The molecule has 0 atom stereocenters. The molecule has 0 radical (unpaired) electrons. The third kappa shape index (κ3) is 4.22. The first kappa shape index (κ1) is 15.9. The van der Waals surface area contributed by atoms with Gasteiger partial charge >= 0.3 is 0 Å². The molecular weight excluding hydrogens is 267 g/mol. The number of aliphatic hydroxyl groups is 1. The molecule has 1 aromatic carbocycles. The first-order valence-corrected chi connectivity index (χ1v) is 7.37. The zero-order valence-electron chi connectivity index (χ0n) is 12.7. The van der Waals surface area contributed by atoms with Gasteiger partial charge in [0.15, 0.2) is 0 Å². The number of fused-ring (bicyclic) bond motifs is 1. The molecule has 0 saturated heterocycles. The van der Waals surface area contributed by atoms with Crippen molar-refractivity contribution < 1.29 is 9.50 Å². The van der Waals surface area contributed by atoms with E-state index in [9.17, 15) is 9.50 Å². The second kappa shape index (κ2) is 6.96. The molecule has 0 aliphatic carbocycles. The van der Waals surface area contributed by atoms with Gasteiger partial charge in [-0.3, -0.25) is 4.98 Å². The fourth-order valence-corrected chi connectivity index (χ4v) is 2.33. The van der Waals surface area contributed by atoms with Crippen molar-refractivity contribution in [3.63, 3.8) is 0 Å². The Hall–Kier alpha value is -1.52. The molecule has 2 N–H and O–H groups in total. The van der Waals surface area contributed by atoms with Crippen molar-refractivity contribution in [2.45, 2.75) is 33.2 Å². The van der Waals surface area contributed by atoms with Gasteiger partial charge in [-0.15, -0.1) is 0 Å². The molecule has 1 heterocycles. The van der Waals surface area contributed by atoms with Crippen LogP contribution in [0.3, 0.4) is 0 Å². The molecule has 0 amide bonds. The van der Waals surface area contributed by atoms with Gasteiger partial charge in [0.1, 0.15) is 5.82 Å². The Kier molecular flexibility index (Phi) is 5.26. The zero-order valence-corrected chi connectivity index (χ0v) is 12.7. The lowest BCUT2D eigenvalue weighted by Gasteiger charge is -2.21. The minimum Gasteiger partial charge on any atom is -0.396 e. The van der Waals surface area contributed by atoms with Crippen LogP contribution in [0.15, 0.2) is 30.5 Å². The summed E-state index contributed by atoms with van der Waals surface area (Å²) in [6, 6.07) is 6.79. The van der Waals surface area contributed by atoms with Gasteiger partial charge in [0.05, 0.1) is 5.52 Å². The van der Waals surface area contributed by atoms with Gasteiger partial charge in [0, 0.05) is 24.7 Å². The molecule has 0 fully saturated rings. The lowest BCUT2D eigenvalue weighted by molar-refractivity contribution is 0.148. The summed E-state index contributed by atoms with van der Waals surface area (Å²) in [4.78, 5) is 4.28. The zero-order chi connectivity index (χ0) is 15.3. The minimum absolute atomic E-state index is 0.0220. The van der Waals surface area contributed by atoms with E-state index in [2.05, 4.69) is 24.1 Å².